The summed E-state index contributed by atoms with van der Waals surface area (Å²) in [4.78, 5) is 25.7. The lowest BCUT2D eigenvalue weighted by Crippen LogP contribution is -2.51. The molecule has 1 aromatic heterocycles. The summed E-state index contributed by atoms with van der Waals surface area (Å²) in [5.74, 6) is 1.04. The topological polar surface area (TPSA) is 95.1 Å². The first-order valence-electron chi connectivity index (χ1n) is 10.8. The fourth-order valence-corrected chi connectivity index (χ4v) is 4.08. The van der Waals surface area contributed by atoms with Gasteiger partial charge in [0, 0.05) is 12.1 Å². The summed E-state index contributed by atoms with van der Waals surface area (Å²) >= 11 is 0. The Hall–Kier alpha value is -3.07. The molecule has 0 spiro atoms. The Labute approximate surface area is 176 Å². The van der Waals surface area contributed by atoms with Crippen LogP contribution in [0, 0.1) is 23.2 Å². The van der Waals surface area contributed by atoms with Gasteiger partial charge in [0.15, 0.2) is 5.76 Å². The van der Waals surface area contributed by atoms with Gasteiger partial charge in [0.25, 0.3) is 5.91 Å². The molecule has 6 nitrogen and oxygen atoms in total. The van der Waals surface area contributed by atoms with Crippen LogP contribution in [-0.4, -0.2) is 24.4 Å². The molecule has 1 unspecified atom stereocenters. The first-order valence-corrected chi connectivity index (χ1v) is 10.8. The summed E-state index contributed by atoms with van der Waals surface area (Å²) in [7, 11) is 0. The lowest BCUT2D eigenvalue weighted by atomic mass is 9.83. The zero-order valence-corrected chi connectivity index (χ0v) is 17.0. The average Bonchev–Trinajstić information content (AvgIpc) is 3.49. The number of amides is 2. The molecule has 6 heteroatoms. The number of nitriles is 1. The van der Waals surface area contributed by atoms with E-state index in [9.17, 15) is 9.59 Å². The maximum absolute atomic E-state index is 12.9. The van der Waals surface area contributed by atoms with Gasteiger partial charge in [-0.25, -0.2) is 0 Å². The van der Waals surface area contributed by atoms with Gasteiger partial charge in [-0.05, 0) is 73.9 Å². The predicted octanol–water partition coefficient (Wildman–Crippen LogP) is 4.02. The maximum atomic E-state index is 12.9. The van der Waals surface area contributed by atoms with Gasteiger partial charge in [-0.1, -0.05) is 19.3 Å². The molecule has 2 N–H and O–H groups in total. The third-order valence-electron chi connectivity index (χ3n) is 6.08. The van der Waals surface area contributed by atoms with Gasteiger partial charge in [0.1, 0.15) is 11.8 Å². The van der Waals surface area contributed by atoms with Crippen molar-refractivity contribution in [1.29, 1.82) is 5.26 Å². The number of nitrogens with zero attached hydrogens (tertiary/aromatic N) is 1. The standard InChI is InChI=1S/C24H27N3O3/c25-14-16-8-10-18(11-9-16)20-12-13-21(30-20)23(28)27-22(19-4-2-1-3-5-19)24(29)26-15-17-6-7-17/h8-13,17,19,22H,1-7,15H2,(H,26,29)(H,27,28). The molecule has 2 aromatic rings. The molecule has 2 aliphatic rings. The van der Waals surface area contributed by atoms with Crippen molar-refractivity contribution < 1.29 is 14.0 Å². The largest absolute Gasteiger partial charge is 0.451 e. The number of hydrogen-bond acceptors (Lipinski definition) is 4. The summed E-state index contributed by atoms with van der Waals surface area (Å²) in [5.41, 5.74) is 1.36. The fourth-order valence-electron chi connectivity index (χ4n) is 4.08. The van der Waals surface area contributed by atoms with Crippen molar-refractivity contribution >= 4 is 11.8 Å². The Kier molecular flexibility index (Phi) is 6.18. The molecular formula is C24H27N3O3. The minimum Gasteiger partial charge on any atom is -0.451 e. The molecule has 0 radical (unpaired) electrons. The van der Waals surface area contributed by atoms with E-state index in [-0.39, 0.29) is 23.5 Å². The van der Waals surface area contributed by atoms with E-state index in [4.69, 9.17) is 9.68 Å². The predicted molar refractivity (Wildman–Crippen MR) is 112 cm³/mol. The number of carbonyl (C=O) groups is 2. The molecule has 1 heterocycles. The molecule has 2 aliphatic carbocycles. The molecule has 1 aromatic carbocycles. The number of nitrogens with one attached hydrogen (secondary N) is 2. The maximum Gasteiger partial charge on any atom is 0.287 e. The van der Waals surface area contributed by atoms with Gasteiger partial charge in [0.05, 0.1) is 11.6 Å². The van der Waals surface area contributed by atoms with Gasteiger partial charge >= 0.3 is 0 Å². The number of benzene rings is 1. The van der Waals surface area contributed by atoms with Crippen LogP contribution in [0.5, 0.6) is 0 Å². The molecule has 1 atom stereocenters. The number of rotatable bonds is 7. The van der Waals surface area contributed by atoms with E-state index >= 15 is 0 Å². The van der Waals surface area contributed by atoms with Crippen LogP contribution in [0.15, 0.2) is 40.8 Å². The van der Waals surface area contributed by atoms with Gasteiger partial charge in [0.2, 0.25) is 5.91 Å². The Bertz CT molecular complexity index is 931. The lowest BCUT2D eigenvalue weighted by Gasteiger charge is -2.29. The SMILES string of the molecule is N#Cc1ccc(-c2ccc(C(=O)NC(C(=O)NCC3CC3)C3CCCCC3)o2)cc1. The molecule has 156 valence electrons. The van der Waals surface area contributed by atoms with Crippen LogP contribution in [0.4, 0.5) is 0 Å². The summed E-state index contributed by atoms with van der Waals surface area (Å²) in [6, 6.07) is 11.9. The van der Waals surface area contributed by atoms with Gasteiger partial charge in [-0.15, -0.1) is 0 Å². The van der Waals surface area contributed by atoms with E-state index in [1.54, 1.807) is 36.4 Å². The summed E-state index contributed by atoms with van der Waals surface area (Å²) in [6.07, 6.45) is 7.63. The first kappa shape index (κ1) is 20.2. The van der Waals surface area contributed by atoms with Crippen LogP contribution in [0.2, 0.25) is 0 Å². The van der Waals surface area contributed by atoms with Crippen molar-refractivity contribution in [3.8, 4) is 17.4 Å². The van der Waals surface area contributed by atoms with E-state index in [2.05, 4.69) is 16.7 Å². The second kappa shape index (κ2) is 9.17. The molecule has 4 rings (SSSR count). The Morgan fingerprint density at radius 1 is 1.03 bits per heavy atom. The van der Waals surface area contributed by atoms with Crippen molar-refractivity contribution in [2.75, 3.05) is 6.54 Å². The fraction of sp³-hybridized carbons (Fsp3) is 0.458. The van der Waals surface area contributed by atoms with E-state index in [0.717, 1.165) is 31.2 Å². The summed E-state index contributed by atoms with van der Waals surface area (Å²) in [6.45, 7) is 0.696. The highest BCUT2D eigenvalue weighted by molar-refractivity contribution is 5.96. The van der Waals surface area contributed by atoms with Crippen molar-refractivity contribution in [2.24, 2.45) is 11.8 Å². The van der Waals surface area contributed by atoms with E-state index in [0.29, 0.717) is 23.8 Å². The number of furan rings is 1. The van der Waals surface area contributed by atoms with Gasteiger partial charge in [-0.3, -0.25) is 9.59 Å². The first-order chi connectivity index (χ1) is 14.6. The zero-order chi connectivity index (χ0) is 20.9. The Morgan fingerprint density at radius 3 is 2.43 bits per heavy atom. The minimum atomic E-state index is -0.528. The second-order valence-corrected chi connectivity index (χ2v) is 8.39. The molecular weight excluding hydrogens is 378 g/mol. The molecule has 0 aliphatic heterocycles. The quantitative estimate of drug-likeness (QED) is 0.727. The van der Waals surface area contributed by atoms with E-state index in [1.165, 1.54) is 19.3 Å². The van der Waals surface area contributed by atoms with Crippen molar-refractivity contribution in [3.05, 3.63) is 47.7 Å². The molecule has 2 amide bonds. The highest BCUT2D eigenvalue weighted by atomic mass is 16.3. The van der Waals surface area contributed by atoms with Crippen molar-refractivity contribution in [2.45, 2.75) is 51.0 Å². The van der Waals surface area contributed by atoms with Crippen molar-refractivity contribution in [3.63, 3.8) is 0 Å². The average molecular weight is 405 g/mol. The zero-order valence-electron chi connectivity index (χ0n) is 17.0. The molecule has 0 bridgehead atoms. The van der Waals surface area contributed by atoms with Crippen LogP contribution < -0.4 is 10.6 Å². The molecule has 0 saturated heterocycles. The van der Waals surface area contributed by atoms with Gasteiger partial charge in [-0.2, -0.15) is 5.26 Å². The van der Waals surface area contributed by atoms with Crippen LogP contribution >= 0.6 is 0 Å². The third-order valence-corrected chi connectivity index (χ3v) is 6.08. The summed E-state index contributed by atoms with van der Waals surface area (Å²) < 4.78 is 5.75. The smallest absolute Gasteiger partial charge is 0.287 e. The second-order valence-electron chi connectivity index (χ2n) is 8.39. The van der Waals surface area contributed by atoms with Crippen LogP contribution in [0.3, 0.4) is 0 Å². The Morgan fingerprint density at radius 2 is 1.77 bits per heavy atom. The molecule has 2 saturated carbocycles. The van der Waals surface area contributed by atoms with Gasteiger partial charge < -0.3 is 15.1 Å². The monoisotopic (exact) mass is 405 g/mol. The number of hydrogen-bond donors (Lipinski definition) is 2. The number of carbonyl (C=O) groups excluding carboxylic acids is 2. The van der Waals surface area contributed by atoms with Crippen LogP contribution in [-0.2, 0) is 4.79 Å². The highest BCUT2D eigenvalue weighted by Crippen LogP contribution is 2.29. The minimum absolute atomic E-state index is 0.0824. The molecule has 30 heavy (non-hydrogen) atoms. The normalized spacial score (nSPS) is 17.7. The van der Waals surface area contributed by atoms with E-state index < -0.39 is 6.04 Å². The molecule has 2 fully saturated rings. The lowest BCUT2D eigenvalue weighted by molar-refractivity contribution is -0.124. The van der Waals surface area contributed by atoms with Crippen molar-refractivity contribution in [1.82, 2.24) is 10.6 Å². The van der Waals surface area contributed by atoms with E-state index in [1.807, 2.05) is 0 Å². The van der Waals surface area contributed by atoms with Crippen LogP contribution in [0.25, 0.3) is 11.3 Å². The highest BCUT2D eigenvalue weighted by Gasteiger charge is 2.33. The van der Waals surface area contributed by atoms with Crippen LogP contribution in [0.1, 0.15) is 61.1 Å². The Balaban J connectivity index is 1.45. The third kappa shape index (κ3) is 4.91. The summed E-state index contributed by atoms with van der Waals surface area (Å²) in [5, 5.41) is 14.9.